The lowest BCUT2D eigenvalue weighted by molar-refractivity contribution is -0.463. The van der Waals surface area contributed by atoms with Crippen LogP contribution in [0.25, 0.3) is 0 Å². The fourth-order valence-electron chi connectivity index (χ4n) is 8.53. The van der Waals surface area contributed by atoms with Crippen molar-refractivity contribution in [2.24, 2.45) is 34.0 Å². The highest BCUT2D eigenvalue weighted by atomic mass is 16.6. The van der Waals surface area contributed by atoms with Crippen molar-refractivity contribution in [3.8, 4) is 0 Å². The summed E-state index contributed by atoms with van der Waals surface area (Å²) in [5, 5.41) is 34.7. The van der Waals surface area contributed by atoms with Crippen LogP contribution in [0.1, 0.15) is 52.9 Å². The Hall–Kier alpha value is -0.950. The molecule has 156 valence electrons. The van der Waals surface area contributed by atoms with Crippen molar-refractivity contribution in [1.29, 1.82) is 0 Å². The molecule has 9 unspecified atom stereocenters. The van der Waals surface area contributed by atoms with Gasteiger partial charge in [0.2, 0.25) is 5.79 Å². The van der Waals surface area contributed by atoms with Crippen LogP contribution < -0.4 is 0 Å². The molecule has 6 fully saturated rings. The Morgan fingerprint density at radius 1 is 1.25 bits per heavy atom. The van der Waals surface area contributed by atoms with E-state index in [2.05, 4.69) is 20.4 Å². The van der Waals surface area contributed by atoms with E-state index in [1.54, 1.807) is 0 Å². The highest BCUT2D eigenvalue weighted by Gasteiger charge is 2.84. The maximum Gasteiger partial charge on any atom is 0.302 e. The molecule has 0 radical (unpaired) electrons. The number of aliphatic hydroxyl groups is 3. The monoisotopic (exact) mass is 392 g/mol. The summed E-state index contributed by atoms with van der Waals surface area (Å²) in [5.74, 6) is -2.71. The number of hydrogen-bond acceptors (Lipinski definition) is 6. The summed E-state index contributed by atoms with van der Waals surface area (Å²) in [5.41, 5.74) is -1.05. The first-order valence-corrected chi connectivity index (χ1v) is 10.6. The average Bonchev–Trinajstić information content (AvgIpc) is 2.78. The molecule has 6 rings (SSSR count). The standard InChI is InChI=1S/C22H32O6/c1-11-13-8-14(28-12(2)23)15-20-7-5-6-19(3,4)16(20)18(25)22(26,27-10-20)21(15,9-13)17(11)24/h13-18,24-26H,1,5-10H2,2-4H3. The number of carbonyl (C=O) groups is 1. The molecule has 0 aromatic rings. The van der Waals surface area contributed by atoms with E-state index in [9.17, 15) is 20.1 Å². The Labute approximate surface area is 165 Å². The third-order valence-electron chi connectivity index (χ3n) is 9.20. The number of aliphatic hydroxyl groups excluding tert-OH is 2. The predicted octanol–water partition coefficient (Wildman–Crippen LogP) is 1.77. The van der Waals surface area contributed by atoms with E-state index in [4.69, 9.17) is 9.47 Å². The van der Waals surface area contributed by atoms with E-state index in [1.807, 2.05) is 0 Å². The van der Waals surface area contributed by atoms with Crippen LogP contribution >= 0.6 is 0 Å². The van der Waals surface area contributed by atoms with Crippen LogP contribution in [0.5, 0.6) is 0 Å². The molecule has 2 aliphatic heterocycles. The van der Waals surface area contributed by atoms with Crippen molar-refractivity contribution in [3.63, 3.8) is 0 Å². The van der Waals surface area contributed by atoms with Gasteiger partial charge in [0.15, 0.2) is 0 Å². The number of carbonyl (C=O) groups excluding carboxylic acids is 1. The van der Waals surface area contributed by atoms with Crippen molar-refractivity contribution >= 4 is 5.97 Å². The van der Waals surface area contributed by atoms with E-state index in [0.717, 1.165) is 19.3 Å². The van der Waals surface area contributed by atoms with Gasteiger partial charge in [0.25, 0.3) is 0 Å². The first-order valence-electron chi connectivity index (χ1n) is 10.6. The molecule has 6 heteroatoms. The van der Waals surface area contributed by atoms with Crippen molar-refractivity contribution in [3.05, 3.63) is 12.2 Å². The van der Waals surface area contributed by atoms with E-state index >= 15 is 0 Å². The van der Waals surface area contributed by atoms with Crippen molar-refractivity contribution in [2.45, 2.75) is 77.0 Å². The molecule has 6 nitrogen and oxygen atoms in total. The number of fused-ring (bicyclic) bond motifs is 2. The highest BCUT2D eigenvalue weighted by molar-refractivity contribution is 5.66. The van der Waals surface area contributed by atoms with Crippen LogP contribution in [0, 0.1) is 34.0 Å². The maximum absolute atomic E-state index is 12.0. The van der Waals surface area contributed by atoms with Crippen molar-refractivity contribution in [2.75, 3.05) is 6.61 Å². The molecule has 4 saturated carbocycles. The van der Waals surface area contributed by atoms with Gasteiger partial charge in [0.05, 0.1) is 18.1 Å². The first-order chi connectivity index (χ1) is 13.0. The lowest BCUT2D eigenvalue weighted by Crippen LogP contribution is -2.83. The third kappa shape index (κ3) is 1.87. The van der Waals surface area contributed by atoms with Gasteiger partial charge in [-0.05, 0) is 42.6 Å². The minimum atomic E-state index is -1.87. The summed E-state index contributed by atoms with van der Waals surface area (Å²) in [6, 6.07) is 0. The SMILES string of the molecule is C=C1C2CC(OC(C)=O)C3C45CCCC(C)(C)C4C(O)C(O)(OC5)C3(C2)C1O. The molecule has 0 aromatic carbocycles. The lowest BCUT2D eigenvalue weighted by Gasteiger charge is -2.75. The minimum absolute atomic E-state index is 0.0544. The van der Waals surface area contributed by atoms with E-state index in [1.165, 1.54) is 6.92 Å². The quantitative estimate of drug-likeness (QED) is 0.465. The van der Waals surface area contributed by atoms with Gasteiger partial charge >= 0.3 is 5.97 Å². The van der Waals surface area contributed by atoms with Gasteiger partial charge in [0.1, 0.15) is 12.2 Å². The van der Waals surface area contributed by atoms with Gasteiger partial charge in [-0.3, -0.25) is 4.79 Å². The van der Waals surface area contributed by atoms with Gasteiger partial charge in [0, 0.05) is 24.2 Å². The van der Waals surface area contributed by atoms with Gasteiger partial charge in [-0.15, -0.1) is 0 Å². The Morgan fingerprint density at radius 3 is 2.64 bits per heavy atom. The zero-order chi connectivity index (χ0) is 20.3. The second kappa shape index (κ2) is 5.39. The van der Waals surface area contributed by atoms with Crippen LogP contribution in [0.3, 0.4) is 0 Å². The Balaban J connectivity index is 1.76. The molecule has 3 N–H and O–H groups in total. The first kappa shape index (κ1) is 19.0. The molecule has 2 heterocycles. The summed E-state index contributed by atoms with van der Waals surface area (Å²) in [7, 11) is 0. The highest BCUT2D eigenvalue weighted by Crippen LogP contribution is 2.77. The predicted molar refractivity (Wildman–Crippen MR) is 99.8 cm³/mol. The maximum atomic E-state index is 12.0. The molecular formula is C22H32O6. The van der Waals surface area contributed by atoms with Gasteiger partial charge in [-0.2, -0.15) is 0 Å². The molecular weight excluding hydrogens is 360 g/mol. The number of ether oxygens (including phenoxy) is 2. The van der Waals surface area contributed by atoms with Gasteiger partial charge in [-0.1, -0.05) is 26.8 Å². The van der Waals surface area contributed by atoms with E-state index in [0.29, 0.717) is 25.0 Å². The summed E-state index contributed by atoms with van der Waals surface area (Å²) < 4.78 is 11.9. The summed E-state index contributed by atoms with van der Waals surface area (Å²) in [6.45, 7) is 10.1. The summed E-state index contributed by atoms with van der Waals surface area (Å²) in [6.07, 6.45) is 1.42. The Morgan fingerprint density at radius 2 is 1.96 bits per heavy atom. The molecule has 2 saturated heterocycles. The number of hydrogen-bond donors (Lipinski definition) is 3. The lowest BCUT2D eigenvalue weighted by atomic mass is 9.36. The second-order valence-electron chi connectivity index (χ2n) is 10.8. The zero-order valence-electron chi connectivity index (χ0n) is 17.0. The second-order valence-corrected chi connectivity index (χ2v) is 10.8. The van der Waals surface area contributed by atoms with Crippen LogP contribution in [0.4, 0.5) is 0 Å². The van der Waals surface area contributed by atoms with Crippen molar-refractivity contribution < 1.29 is 29.6 Å². The fraction of sp³-hybridized carbons (Fsp3) is 0.864. The van der Waals surface area contributed by atoms with Gasteiger partial charge in [-0.25, -0.2) is 0 Å². The molecule has 4 aliphatic carbocycles. The molecule has 9 atom stereocenters. The van der Waals surface area contributed by atoms with Crippen LogP contribution in [0.2, 0.25) is 0 Å². The smallest absolute Gasteiger partial charge is 0.302 e. The summed E-state index contributed by atoms with van der Waals surface area (Å²) in [4.78, 5) is 12.0. The largest absolute Gasteiger partial charge is 0.462 e. The Kier molecular flexibility index (Phi) is 3.67. The van der Waals surface area contributed by atoms with Gasteiger partial charge < -0.3 is 24.8 Å². The third-order valence-corrected chi connectivity index (χ3v) is 9.20. The van der Waals surface area contributed by atoms with E-state index in [-0.39, 0.29) is 29.1 Å². The molecule has 4 bridgehead atoms. The molecule has 6 aliphatic rings. The number of esters is 1. The molecule has 0 amide bonds. The van der Waals surface area contributed by atoms with Crippen LogP contribution in [-0.2, 0) is 14.3 Å². The normalized spacial score (nSPS) is 56.1. The molecule has 2 spiro atoms. The van der Waals surface area contributed by atoms with E-state index < -0.39 is 34.9 Å². The van der Waals surface area contributed by atoms with Crippen LogP contribution in [0.15, 0.2) is 12.2 Å². The Bertz CT molecular complexity index is 747. The zero-order valence-corrected chi connectivity index (χ0v) is 17.0. The average molecular weight is 392 g/mol. The molecule has 0 aromatic heterocycles. The topological polar surface area (TPSA) is 96.2 Å². The number of rotatable bonds is 1. The minimum Gasteiger partial charge on any atom is -0.462 e. The van der Waals surface area contributed by atoms with Crippen molar-refractivity contribution in [1.82, 2.24) is 0 Å². The summed E-state index contributed by atoms with van der Waals surface area (Å²) >= 11 is 0. The fourth-order valence-corrected chi connectivity index (χ4v) is 8.53. The molecule has 28 heavy (non-hydrogen) atoms. The van der Waals surface area contributed by atoms with Crippen LogP contribution in [-0.4, -0.2) is 52.0 Å².